The van der Waals surface area contributed by atoms with Gasteiger partial charge in [-0.25, -0.2) is 0 Å². The predicted octanol–water partition coefficient (Wildman–Crippen LogP) is 4.38. The zero-order valence-corrected chi connectivity index (χ0v) is 13.0. The van der Waals surface area contributed by atoms with Crippen molar-refractivity contribution in [3.63, 3.8) is 0 Å². The van der Waals surface area contributed by atoms with Gasteiger partial charge in [0, 0.05) is 10.5 Å². The minimum atomic E-state index is 0.441. The van der Waals surface area contributed by atoms with Gasteiger partial charge in [-0.2, -0.15) is 0 Å². The van der Waals surface area contributed by atoms with Gasteiger partial charge in [0.15, 0.2) is 0 Å². The average molecular weight is 318 g/mol. The van der Waals surface area contributed by atoms with Crippen LogP contribution in [0.25, 0.3) is 0 Å². The Balaban J connectivity index is 2.12. The topological polar surface area (TPSA) is 12.0 Å². The molecule has 0 radical (unpaired) electrons. The van der Waals surface area contributed by atoms with Crippen molar-refractivity contribution in [3.8, 4) is 0 Å². The molecule has 2 heteroatoms. The molecule has 0 aliphatic rings. The third kappa shape index (κ3) is 3.92. The van der Waals surface area contributed by atoms with E-state index in [1.54, 1.807) is 0 Å². The summed E-state index contributed by atoms with van der Waals surface area (Å²) in [6, 6.07) is 19.7. The Morgan fingerprint density at radius 3 is 2.42 bits per heavy atom. The quantitative estimate of drug-likeness (QED) is 0.862. The summed E-state index contributed by atoms with van der Waals surface area (Å²) >= 11 is 3.54. The van der Waals surface area contributed by atoms with E-state index in [0.29, 0.717) is 12.0 Å². The molecule has 0 spiro atoms. The molecule has 19 heavy (non-hydrogen) atoms. The summed E-state index contributed by atoms with van der Waals surface area (Å²) in [6.45, 7) is 2.29. The van der Waals surface area contributed by atoms with E-state index in [-0.39, 0.29) is 0 Å². The third-order valence-corrected chi connectivity index (χ3v) is 4.14. The monoisotopic (exact) mass is 317 g/mol. The lowest BCUT2D eigenvalue weighted by Crippen LogP contribution is -2.32. The van der Waals surface area contributed by atoms with E-state index in [4.69, 9.17) is 0 Å². The second-order valence-electron chi connectivity index (χ2n) is 4.93. The standard InChI is InChI=1S/C17H20BrN/c1-13(15-8-4-3-5-9-15)17(19-2)12-14-7-6-10-16(18)11-14/h3-11,13,17,19H,12H2,1-2H3. The highest BCUT2D eigenvalue weighted by molar-refractivity contribution is 9.10. The largest absolute Gasteiger partial charge is 0.316 e. The molecule has 0 heterocycles. The van der Waals surface area contributed by atoms with Crippen LogP contribution in [0.4, 0.5) is 0 Å². The third-order valence-electron chi connectivity index (χ3n) is 3.64. The molecule has 0 aliphatic carbocycles. The second-order valence-corrected chi connectivity index (χ2v) is 5.84. The average Bonchev–Trinajstić information content (AvgIpc) is 2.45. The molecule has 1 N–H and O–H groups in total. The number of rotatable bonds is 5. The van der Waals surface area contributed by atoms with Crippen LogP contribution in [-0.2, 0) is 6.42 Å². The Kier molecular flexibility index (Phi) is 5.17. The first kappa shape index (κ1) is 14.3. The van der Waals surface area contributed by atoms with Crippen molar-refractivity contribution in [3.05, 3.63) is 70.2 Å². The van der Waals surface area contributed by atoms with Gasteiger partial charge >= 0.3 is 0 Å². The highest BCUT2D eigenvalue weighted by Crippen LogP contribution is 2.22. The fourth-order valence-electron chi connectivity index (χ4n) is 2.44. The van der Waals surface area contributed by atoms with Crippen LogP contribution in [0.2, 0.25) is 0 Å². The Morgan fingerprint density at radius 2 is 1.79 bits per heavy atom. The Morgan fingerprint density at radius 1 is 1.05 bits per heavy atom. The number of hydrogen-bond donors (Lipinski definition) is 1. The van der Waals surface area contributed by atoms with E-state index in [1.165, 1.54) is 11.1 Å². The van der Waals surface area contributed by atoms with E-state index in [9.17, 15) is 0 Å². The van der Waals surface area contributed by atoms with Gasteiger partial charge in [0.05, 0.1) is 0 Å². The molecule has 2 aromatic rings. The molecule has 0 bridgehead atoms. The molecule has 0 aliphatic heterocycles. The number of benzene rings is 2. The Hall–Kier alpha value is -1.12. The van der Waals surface area contributed by atoms with Gasteiger partial charge in [-0.1, -0.05) is 65.3 Å². The van der Waals surface area contributed by atoms with Gasteiger partial charge < -0.3 is 5.32 Å². The molecule has 0 saturated heterocycles. The maximum absolute atomic E-state index is 3.54. The molecular weight excluding hydrogens is 298 g/mol. The van der Waals surface area contributed by atoms with Crippen LogP contribution in [-0.4, -0.2) is 13.1 Å². The molecule has 0 aromatic heterocycles. The summed E-state index contributed by atoms with van der Waals surface area (Å²) < 4.78 is 1.15. The first-order valence-electron chi connectivity index (χ1n) is 6.67. The van der Waals surface area contributed by atoms with E-state index in [0.717, 1.165) is 10.9 Å². The van der Waals surface area contributed by atoms with Crippen LogP contribution >= 0.6 is 15.9 Å². The zero-order valence-electron chi connectivity index (χ0n) is 11.4. The van der Waals surface area contributed by atoms with Crippen molar-refractivity contribution in [1.82, 2.24) is 5.32 Å². The molecule has 2 rings (SSSR count). The fourth-order valence-corrected chi connectivity index (χ4v) is 2.88. The lowest BCUT2D eigenvalue weighted by Gasteiger charge is -2.24. The Bertz CT molecular complexity index is 510. The van der Waals surface area contributed by atoms with Crippen LogP contribution < -0.4 is 5.32 Å². The van der Waals surface area contributed by atoms with Crippen molar-refractivity contribution in [2.75, 3.05) is 7.05 Å². The molecule has 0 fully saturated rings. The second kappa shape index (κ2) is 6.88. The Labute approximate surface area is 124 Å². The van der Waals surface area contributed by atoms with Gasteiger partial charge in [0.25, 0.3) is 0 Å². The smallest absolute Gasteiger partial charge is 0.0178 e. The van der Waals surface area contributed by atoms with Gasteiger partial charge in [-0.15, -0.1) is 0 Å². The lowest BCUT2D eigenvalue weighted by molar-refractivity contribution is 0.483. The van der Waals surface area contributed by atoms with Crippen LogP contribution in [0.1, 0.15) is 24.0 Å². The number of halogens is 1. The van der Waals surface area contributed by atoms with E-state index < -0.39 is 0 Å². The lowest BCUT2D eigenvalue weighted by atomic mass is 9.89. The minimum Gasteiger partial charge on any atom is -0.316 e. The maximum atomic E-state index is 3.54. The molecule has 2 atom stereocenters. The summed E-state index contributed by atoms with van der Waals surface area (Å²) in [5, 5.41) is 3.45. The van der Waals surface area contributed by atoms with Gasteiger partial charge in [0.1, 0.15) is 0 Å². The predicted molar refractivity (Wildman–Crippen MR) is 85.6 cm³/mol. The number of nitrogens with one attached hydrogen (secondary N) is 1. The van der Waals surface area contributed by atoms with Crippen molar-refractivity contribution in [2.45, 2.75) is 25.3 Å². The normalized spacial score (nSPS) is 14.1. The molecule has 2 unspecified atom stereocenters. The first-order valence-corrected chi connectivity index (χ1v) is 7.46. The number of hydrogen-bond acceptors (Lipinski definition) is 1. The molecule has 0 amide bonds. The highest BCUT2D eigenvalue weighted by Gasteiger charge is 2.17. The van der Waals surface area contributed by atoms with Gasteiger partial charge in [0.2, 0.25) is 0 Å². The van der Waals surface area contributed by atoms with E-state index in [2.05, 4.69) is 82.8 Å². The summed E-state index contributed by atoms with van der Waals surface area (Å²) in [5.74, 6) is 0.491. The van der Waals surface area contributed by atoms with Crippen molar-refractivity contribution < 1.29 is 0 Å². The van der Waals surface area contributed by atoms with Crippen molar-refractivity contribution in [1.29, 1.82) is 0 Å². The first-order chi connectivity index (χ1) is 9.20. The molecule has 1 nitrogen and oxygen atoms in total. The number of likely N-dealkylation sites (N-methyl/N-ethyl adjacent to an activating group) is 1. The molecule has 100 valence electrons. The summed E-state index contributed by atoms with van der Waals surface area (Å²) in [6.07, 6.45) is 1.03. The zero-order chi connectivity index (χ0) is 13.7. The molecule has 2 aromatic carbocycles. The van der Waals surface area contributed by atoms with Gasteiger partial charge in [-0.3, -0.25) is 0 Å². The van der Waals surface area contributed by atoms with Crippen molar-refractivity contribution >= 4 is 15.9 Å². The van der Waals surface area contributed by atoms with Gasteiger partial charge in [-0.05, 0) is 42.6 Å². The molecular formula is C17H20BrN. The fraction of sp³-hybridized carbons (Fsp3) is 0.294. The highest BCUT2D eigenvalue weighted by atomic mass is 79.9. The van der Waals surface area contributed by atoms with Crippen LogP contribution in [0.5, 0.6) is 0 Å². The minimum absolute atomic E-state index is 0.441. The SMILES string of the molecule is CNC(Cc1cccc(Br)c1)C(C)c1ccccc1. The van der Waals surface area contributed by atoms with Crippen LogP contribution in [0, 0.1) is 0 Å². The van der Waals surface area contributed by atoms with Crippen molar-refractivity contribution in [2.24, 2.45) is 0 Å². The maximum Gasteiger partial charge on any atom is 0.0178 e. The van der Waals surface area contributed by atoms with E-state index in [1.807, 2.05) is 7.05 Å². The summed E-state index contributed by atoms with van der Waals surface area (Å²) in [5.41, 5.74) is 2.74. The van der Waals surface area contributed by atoms with E-state index >= 15 is 0 Å². The molecule has 0 saturated carbocycles. The summed E-state index contributed by atoms with van der Waals surface area (Å²) in [7, 11) is 2.04. The van der Waals surface area contributed by atoms with Crippen LogP contribution in [0.15, 0.2) is 59.1 Å². The van der Waals surface area contributed by atoms with Crippen LogP contribution in [0.3, 0.4) is 0 Å². The summed E-state index contributed by atoms with van der Waals surface area (Å²) in [4.78, 5) is 0.